The lowest BCUT2D eigenvalue weighted by atomic mass is 9.81. The fourth-order valence-corrected chi connectivity index (χ4v) is 5.19. The van der Waals surface area contributed by atoms with Crippen molar-refractivity contribution in [1.82, 2.24) is 20.1 Å². The number of urea groups is 1. The molecule has 3 rings (SSSR count). The highest BCUT2D eigenvalue weighted by molar-refractivity contribution is 7.19. The van der Waals surface area contributed by atoms with E-state index >= 15 is 0 Å². The second-order valence-electron chi connectivity index (χ2n) is 8.03. The molecule has 2 aliphatic heterocycles. The van der Waals surface area contributed by atoms with Crippen LogP contribution in [0.15, 0.2) is 41.6 Å². The van der Waals surface area contributed by atoms with Crippen molar-refractivity contribution in [2.75, 3.05) is 38.0 Å². The summed E-state index contributed by atoms with van der Waals surface area (Å²) in [5, 5.41) is 26.3. The summed E-state index contributed by atoms with van der Waals surface area (Å²) in [6, 6.07) is -0.223. The van der Waals surface area contributed by atoms with Crippen molar-refractivity contribution in [2.24, 2.45) is 5.41 Å². The maximum Gasteiger partial charge on any atom is 0.317 e. The van der Waals surface area contributed by atoms with Crippen molar-refractivity contribution >= 4 is 51.7 Å². The Morgan fingerprint density at radius 3 is 2.88 bits per heavy atom. The van der Waals surface area contributed by atoms with E-state index in [1.165, 1.54) is 17.5 Å². The molecule has 0 aromatic carbocycles. The van der Waals surface area contributed by atoms with Gasteiger partial charge in [-0.15, -0.1) is 0 Å². The number of likely N-dealkylation sites (tertiary alicyclic amines) is 2. The number of halogens is 2. The Morgan fingerprint density at radius 1 is 1.42 bits per heavy atom. The van der Waals surface area contributed by atoms with Gasteiger partial charge in [0.2, 0.25) is 0 Å². The van der Waals surface area contributed by atoms with Gasteiger partial charge in [-0.25, -0.2) is 9.78 Å². The third-order valence-electron chi connectivity index (χ3n) is 5.71. The Morgan fingerprint density at radius 2 is 2.21 bits per heavy atom. The quantitative estimate of drug-likeness (QED) is 0.226. The van der Waals surface area contributed by atoms with Gasteiger partial charge in [0, 0.05) is 49.6 Å². The van der Waals surface area contributed by atoms with Crippen molar-refractivity contribution < 1.29 is 19.8 Å². The standard InChI is InChI=1S/C21H27Cl2N5O4S/c1-2-4-15(22)9-14-11-28(20(32)26-18-25-10-16(23)33-18)13-21(14)6-8-27(12-21)19(31)24-7-3-5-17(29)30/h2,4,9-10,20,32H,1,3,5-8,11-13H2,(H,24,31)(H,25,26)(H,29,30)/b14-9+,15-4+. The lowest BCUT2D eigenvalue weighted by Gasteiger charge is -2.28. The minimum absolute atomic E-state index is 0.00932. The largest absolute Gasteiger partial charge is 0.481 e. The smallest absolute Gasteiger partial charge is 0.317 e. The zero-order valence-corrected chi connectivity index (χ0v) is 20.3. The SMILES string of the molecule is C=C/C=C(Cl)\C=C1/CN(C(O)Nc2ncc(Cl)s2)CC12CCN(C(=O)NCCCC(=O)O)C2. The number of hydrogen-bond acceptors (Lipinski definition) is 7. The van der Waals surface area contributed by atoms with E-state index in [1.807, 2.05) is 11.0 Å². The number of carbonyl (C=O) groups excluding carboxylic acids is 1. The molecule has 33 heavy (non-hydrogen) atoms. The van der Waals surface area contributed by atoms with E-state index in [0.717, 1.165) is 5.57 Å². The number of aliphatic hydroxyl groups is 1. The van der Waals surface area contributed by atoms with Crippen LogP contribution in [-0.4, -0.2) is 76.1 Å². The molecule has 0 bridgehead atoms. The molecule has 3 heterocycles. The first kappa shape index (κ1) is 25.5. The Balaban J connectivity index is 1.70. The third-order valence-corrected chi connectivity index (χ3v) is 6.99. The van der Waals surface area contributed by atoms with Crippen LogP contribution in [0.2, 0.25) is 4.34 Å². The molecule has 9 nitrogen and oxygen atoms in total. The maximum absolute atomic E-state index is 12.6. The molecule has 2 saturated heterocycles. The first-order valence-corrected chi connectivity index (χ1v) is 12.0. The van der Waals surface area contributed by atoms with Gasteiger partial charge in [-0.2, -0.15) is 0 Å². The summed E-state index contributed by atoms with van der Waals surface area (Å²) in [7, 11) is 0. The molecule has 180 valence electrons. The fraction of sp³-hybridized carbons (Fsp3) is 0.476. The summed E-state index contributed by atoms with van der Waals surface area (Å²) in [4.78, 5) is 31.0. The zero-order valence-electron chi connectivity index (χ0n) is 18.0. The van der Waals surface area contributed by atoms with Crippen molar-refractivity contribution in [1.29, 1.82) is 0 Å². The second-order valence-corrected chi connectivity index (χ2v) is 10.1. The van der Waals surface area contributed by atoms with Crippen LogP contribution in [0.3, 0.4) is 0 Å². The molecule has 1 spiro atoms. The summed E-state index contributed by atoms with van der Waals surface area (Å²) in [5.74, 6) is -0.887. The number of allylic oxidation sites excluding steroid dienone is 4. The van der Waals surface area contributed by atoms with E-state index in [4.69, 9.17) is 28.3 Å². The normalized spacial score (nSPS) is 23.3. The first-order chi connectivity index (χ1) is 15.7. The molecule has 2 fully saturated rings. The number of aliphatic carboxylic acids is 1. The summed E-state index contributed by atoms with van der Waals surface area (Å²) >= 11 is 13.5. The Hall–Kier alpha value is -2.11. The molecule has 0 saturated carbocycles. The molecule has 2 atom stereocenters. The van der Waals surface area contributed by atoms with Gasteiger partial charge in [-0.3, -0.25) is 9.69 Å². The van der Waals surface area contributed by atoms with E-state index in [0.29, 0.717) is 60.1 Å². The summed E-state index contributed by atoms with van der Waals surface area (Å²) < 4.78 is 0.519. The highest BCUT2D eigenvalue weighted by atomic mass is 35.5. The maximum atomic E-state index is 12.6. The molecule has 4 N–H and O–H groups in total. The molecule has 1 aromatic heterocycles. The highest BCUT2D eigenvalue weighted by Gasteiger charge is 2.49. The average molecular weight is 516 g/mol. The third kappa shape index (κ3) is 6.70. The van der Waals surface area contributed by atoms with Crippen molar-refractivity contribution in [2.45, 2.75) is 25.6 Å². The van der Waals surface area contributed by atoms with Gasteiger partial charge in [0.1, 0.15) is 4.34 Å². The van der Waals surface area contributed by atoms with Crippen LogP contribution < -0.4 is 10.6 Å². The lowest BCUT2D eigenvalue weighted by molar-refractivity contribution is -0.137. The monoisotopic (exact) mass is 515 g/mol. The lowest BCUT2D eigenvalue weighted by Crippen LogP contribution is -2.43. The van der Waals surface area contributed by atoms with E-state index in [9.17, 15) is 14.7 Å². The Kier molecular flexibility index (Phi) is 8.77. The Bertz CT molecular complexity index is 953. The molecule has 0 radical (unpaired) electrons. The van der Waals surface area contributed by atoms with Gasteiger partial charge in [-0.05, 0) is 30.6 Å². The minimum atomic E-state index is -0.990. The average Bonchev–Trinajstić information content (AvgIpc) is 3.45. The molecule has 1 aromatic rings. The second kappa shape index (κ2) is 11.3. The van der Waals surface area contributed by atoms with E-state index in [2.05, 4.69) is 22.2 Å². The van der Waals surface area contributed by atoms with Crippen LogP contribution in [0.4, 0.5) is 9.93 Å². The molecule has 2 amide bonds. The highest BCUT2D eigenvalue weighted by Crippen LogP contribution is 2.44. The predicted octanol–water partition coefficient (Wildman–Crippen LogP) is 3.30. The first-order valence-electron chi connectivity index (χ1n) is 10.5. The van der Waals surface area contributed by atoms with Gasteiger partial charge in [0.15, 0.2) is 11.5 Å². The molecule has 0 aliphatic carbocycles. The number of carboxylic acid groups (broad SMARTS) is 1. The number of carbonyl (C=O) groups is 2. The molecular weight excluding hydrogens is 489 g/mol. The van der Waals surface area contributed by atoms with Gasteiger partial charge in [0.05, 0.1) is 6.20 Å². The number of rotatable bonds is 9. The number of aliphatic hydroxyl groups excluding tert-OH is 1. The van der Waals surface area contributed by atoms with Crippen LogP contribution in [0.1, 0.15) is 19.3 Å². The van der Waals surface area contributed by atoms with Crippen molar-refractivity contribution in [3.63, 3.8) is 0 Å². The molecule has 12 heteroatoms. The number of hydrogen-bond donors (Lipinski definition) is 4. The van der Waals surface area contributed by atoms with Crippen LogP contribution in [0.5, 0.6) is 0 Å². The predicted molar refractivity (Wildman–Crippen MR) is 129 cm³/mol. The topological polar surface area (TPSA) is 118 Å². The summed E-state index contributed by atoms with van der Waals surface area (Å²) in [6.45, 7) is 5.97. The number of carboxylic acids is 1. The van der Waals surface area contributed by atoms with Crippen LogP contribution in [-0.2, 0) is 4.79 Å². The number of nitrogens with zero attached hydrogens (tertiary/aromatic N) is 3. The number of amides is 2. The summed E-state index contributed by atoms with van der Waals surface area (Å²) in [6.07, 6.45) is 6.80. The van der Waals surface area contributed by atoms with Gasteiger partial charge < -0.3 is 25.7 Å². The number of aromatic nitrogens is 1. The molecule has 2 unspecified atom stereocenters. The van der Waals surface area contributed by atoms with E-state index in [1.54, 1.807) is 17.1 Å². The van der Waals surface area contributed by atoms with E-state index in [-0.39, 0.29) is 17.9 Å². The van der Waals surface area contributed by atoms with Crippen molar-refractivity contribution in [3.05, 3.63) is 45.9 Å². The van der Waals surface area contributed by atoms with Gasteiger partial charge in [-0.1, -0.05) is 47.2 Å². The van der Waals surface area contributed by atoms with Gasteiger partial charge in [0.25, 0.3) is 0 Å². The number of thiazole rings is 1. The van der Waals surface area contributed by atoms with Crippen molar-refractivity contribution in [3.8, 4) is 0 Å². The number of anilines is 1. The number of nitrogens with one attached hydrogen (secondary N) is 2. The Labute approximate surface area is 206 Å². The molecule has 2 aliphatic rings. The van der Waals surface area contributed by atoms with Crippen LogP contribution in [0.25, 0.3) is 0 Å². The van der Waals surface area contributed by atoms with E-state index < -0.39 is 12.3 Å². The fourth-order valence-electron chi connectivity index (χ4n) is 4.14. The molecular formula is C21H27Cl2N5O4S. The summed E-state index contributed by atoms with van der Waals surface area (Å²) in [5.41, 5.74) is 0.654. The zero-order chi connectivity index (χ0) is 24.0. The van der Waals surface area contributed by atoms with Crippen LogP contribution in [0, 0.1) is 5.41 Å². The minimum Gasteiger partial charge on any atom is -0.481 e. The van der Waals surface area contributed by atoms with Gasteiger partial charge >= 0.3 is 12.0 Å². The van der Waals surface area contributed by atoms with Crippen LogP contribution >= 0.6 is 34.5 Å².